The monoisotopic (exact) mass is 422 g/mol. The van der Waals surface area contributed by atoms with Crippen molar-refractivity contribution >= 4 is 24.4 Å². The summed E-state index contributed by atoms with van der Waals surface area (Å²) in [5, 5.41) is -0.193. The Balaban J connectivity index is 3.02. The molecule has 0 spiro atoms. The van der Waals surface area contributed by atoms with Gasteiger partial charge in [0.15, 0.2) is 14.4 Å². The van der Waals surface area contributed by atoms with Gasteiger partial charge in [-0.25, -0.2) is 4.79 Å². The topological polar surface area (TPSA) is 88.1 Å². The first-order valence-electron chi connectivity index (χ1n) is 7.85. The molecular weight excluding hydrogens is 397 g/mol. The molecule has 0 aromatic rings. The Morgan fingerprint density at radius 1 is 1.19 bits per heavy atom. The quantitative estimate of drug-likeness (QED) is 0.281. The van der Waals surface area contributed by atoms with Crippen LogP contribution in [-0.2, 0) is 33.0 Å². The molecule has 0 aromatic heterocycles. The van der Waals surface area contributed by atoms with Gasteiger partial charge in [0.05, 0.1) is 13.2 Å². The van der Waals surface area contributed by atoms with E-state index in [1.807, 2.05) is 33.9 Å². The van der Waals surface area contributed by atoms with E-state index >= 15 is 0 Å². The molecule has 154 valence electrons. The van der Waals surface area contributed by atoms with E-state index in [4.69, 9.17) is 9.16 Å². The van der Waals surface area contributed by atoms with E-state index < -0.39 is 54.3 Å². The molecule has 1 saturated heterocycles. The molecule has 12 heteroatoms. The molecule has 7 nitrogen and oxygen atoms in total. The van der Waals surface area contributed by atoms with Crippen molar-refractivity contribution < 1.29 is 44.5 Å². The van der Waals surface area contributed by atoms with Gasteiger partial charge < -0.3 is 13.9 Å². The highest BCUT2D eigenvalue weighted by Gasteiger charge is 2.58. The molecule has 0 aromatic carbocycles. The molecule has 0 unspecified atom stereocenters. The highest BCUT2D eigenvalue weighted by atomic mass is 32.2. The lowest BCUT2D eigenvalue weighted by atomic mass is 9.97. The van der Waals surface area contributed by atoms with Crippen molar-refractivity contribution in [1.29, 1.82) is 0 Å². The van der Waals surface area contributed by atoms with Gasteiger partial charge in [0.1, 0.15) is 12.2 Å². The third-order valence-corrected chi connectivity index (χ3v) is 10.2. The number of alkyl halides is 3. The van der Waals surface area contributed by atoms with Gasteiger partial charge in [-0.3, -0.25) is 4.18 Å². The Morgan fingerprint density at radius 3 is 2.08 bits per heavy atom. The number of methoxy groups -OCH3 is 1. The number of carbonyl (C=O) groups excluding carboxylic acids is 1. The van der Waals surface area contributed by atoms with Crippen molar-refractivity contribution in [2.24, 2.45) is 0 Å². The fraction of sp³-hybridized carbons (Fsp3) is 0.929. The van der Waals surface area contributed by atoms with Crippen LogP contribution < -0.4 is 0 Å². The van der Waals surface area contributed by atoms with E-state index in [9.17, 15) is 26.4 Å². The van der Waals surface area contributed by atoms with Gasteiger partial charge >= 0.3 is 21.6 Å². The SMILES string of the molecule is COC(=O)[C@@H]1O[C@@H]([C@H](C)O[Si](C)(C)C(C)(C)C)[C@H]1OS(=O)(=O)C(F)(F)F. The zero-order valence-electron chi connectivity index (χ0n) is 15.7. The number of halogens is 3. The van der Waals surface area contributed by atoms with Crippen LogP contribution in [0.1, 0.15) is 27.7 Å². The van der Waals surface area contributed by atoms with E-state index in [0.29, 0.717) is 0 Å². The minimum absolute atomic E-state index is 0.193. The molecule has 26 heavy (non-hydrogen) atoms. The average molecular weight is 422 g/mol. The lowest BCUT2D eigenvalue weighted by Gasteiger charge is -2.47. The van der Waals surface area contributed by atoms with Crippen LogP contribution in [0.15, 0.2) is 0 Å². The van der Waals surface area contributed by atoms with Gasteiger partial charge in [0, 0.05) is 0 Å². The molecule has 1 aliphatic rings. The molecule has 0 radical (unpaired) electrons. The smallest absolute Gasteiger partial charge is 0.467 e. The Hall–Kier alpha value is -0.693. The first-order chi connectivity index (χ1) is 11.4. The van der Waals surface area contributed by atoms with Gasteiger partial charge in [-0.1, -0.05) is 20.8 Å². The van der Waals surface area contributed by atoms with Gasteiger partial charge in [-0.05, 0) is 25.1 Å². The molecular formula is C14H25F3O7SSi. The second kappa shape index (κ2) is 7.38. The zero-order valence-corrected chi connectivity index (χ0v) is 17.5. The zero-order chi connectivity index (χ0) is 20.7. The first-order valence-corrected chi connectivity index (χ1v) is 12.2. The predicted octanol–water partition coefficient (Wildman–Crippen LogP) is 2.57. The van der Waals surface area contributed by atoms with Crippen molar-refractivity contribution in [1.82, 2.24) is 0 Å². The summed E-state index contributed by atoms with van der Waals surface area (Å²) in [6, 6.07) is 0. The van der Waals surface area contributed by atoms with E-state index in [1.165, 1.54) is 6.92 Å². The lowest BCUT2D eigenvalue weighted by Crippen LogP contribution is -2.65. The number of carbonyl (C=O) groups is 1. The standard InChI is InChI=1S/C14H25F3O7SSi/c1-8(24-26(6,7)13(2,3)4)9-10(11(22-9)12(18)21-5)23-25(19,20)14(15,16)17/h8-11H,1-7H3/t8-,9-,10+,11+/m0/s1. The van der Waals surface area contributed by atoms with Gasteiger partial charge in [-0.2, -0.15) is 21.6 Å². The largest absolute Gasteiger partial charge is 0.523 e. The van der Waals surface area contributed by atoms with Crippen LogP contribution in [0.25, 0.3) is 0 Å². The summed E-state index contributed by atoms with van der Waals surface area (Å²) in [7, 11) is -7.22. The van der Waals surface area contributed by atoms with E-state index in [1.54, 1.807) is 0 Å². The van der Waals surface area contributed by atoms with Crippen LogP contribution in [0, 0.1) is 0 Å². The van der Waals surface area contributed by atoms with Crippen LogP contribution in [0.4, 0.5) is 13.2 Å². The average Bonchev–Trinajstić information content (AvgIpc) is 2.40. The Bertz CT molecular complexity index is 627. The summed E-state index contributed by atoms with van der Waals surface area (Å²) >= 11 is 0. The van der Waals surface area contributed by atoms with E-state index in [2.05, 4.69) is 8.92 Å². The molecule has 0 bridgehead atoms. The summed E-state index contributed by atoms with van der Waals surface area (Å²) < 4.78 is 80.5. The molecule has 1 fully saturated rings. The van der Waals surface area contributed by atoms with Crippen LogP contribution in [0.3, 0.4) is 0 Å². The highest BCUT2D eigenvalue weighted by Crippen LogP contribution is 2.40. The normalized spacial score (nSPS) is 26.2. The molecule has 0 saturated carbocycles. The molecule has 0 N–H and O–H groups in total. The van der Waals surface area contributed by atoms with Gasteiger partial charge in [0.25, 0.3) is 0 Å². The van der Waals surface area contributed by atoms with Gasteiger partial charge in [-0.15, -0.1) is 0 Å². The summed E-state index contributed by atoms with van der Waals surface area (Å²) in [6.07, 6.45) is -5.21. The summed E-state index contributed by atoms with van der Waals surface area (Å²) in [5.74, 6) is -1.02. The minimum Gasteiger partial charge on any atom is -0.467 e. The maximum absolute atomic E-state index is 12.6. The van der Waals surface area contributed by atoms with E-state index in [0.717, 1.165) is 7.11 Å². The van der Waals surface area contributed by atoms with Gasteiger partial charge in [0.2, 0.25) is 0 Å². The second-order valence-electron chi connectivity index (χ2n) is 7.59. The van der Waals surface area contributed by atoms with Crippen molar-refractivity contribution in [2.45, 2.75) is 75.8 Å². The fourth-order valence-corrected chi connectivity index (χ4v) is 4.13. The molecule has 4 atom stereocenters. The maximum Gasteiger partial charge on any atom is 0.523 e. The number of hydrogen-bond donors (Lipinski definition) is 0. The first kappa shape index (κ1) is 23.3. The van der Waals surface area contributed by atoms with Crippen molar-refractivity contribution in [3.63, 3.8) is 0 Å². The third-order valence-electron chi connectivity index (χ3n) is 4.63. The van der Waals surface area contributed by atoms with Crippen LogP contribution in [-0.4, -0.2) is 59.7 Å². The highest BCUT2D eigenvalue weighted by molar-refractivity contribution is 7.87. The number of esters is 1. The fourth-order valence-electron chi connectivity index (χ4n) is 2.11. The molecule has 1 heterocycles. The Labute approximate surface area is 152 Å². The molecule has 0 aliphatic carbocycles. The summed E-state index contributed by atoms with van der Waals surface area (Å²) in [5.41, 5.74) is -5.61. The number of ether oxygens (including phenoxy) is 2. The Morgan fingerprint density at radius 2 is 1.69 bits per heavy atom. The van der Waals surface area contributed by atoms with E-state index in [-0.39, 0.29) is 5.04 Å². The lowest BCUT2D eigenvalue weighted by molar-refractivity contribution is -0.244. The van der Waals surface area contributed by atoms with Crippen molar-refractivity contribution in [2.75, 3.05) is 7.11 Å². The number of rotatable bonds is 6. The van der Waals surface area contributed by atoms with Crippen LogP contribution >= 0.6 is 0 Å². The van der Waals surface area contributed by atoms with Crippen LogP contribution in [0.2, 0.25) is 18.1 Å². The number of hydrogen-bond acceptors (Lipinski definition) is 7. The Kier molecular flexibility index (Phi) is 6.62. The molecule has 1 aliphatic heterocycles. The minimum atomic E-state index is -5.90. The second-order valence-corrected chi connectivity index (χ2v) is 13.9. The summed E-state index contributed by atoms with van der Waals surface area (Å²) in [4.78, 5) is 11.6. The maximum atomic E-state index is 12.6. The van der Waals surface area contributed by atoms with Crippen molar-refractivity contribution in [3.8, 4) is 0 Å². The third kappa shape index (κ3) is 4.77. The van der Waals surface area contributed by atoms with Crippen molar-refractivity contribution in [3.05, 3.63) is 0 Å². The van der Waals surface area contributed by atoms with Crippen LogP contribution in [0.5, 0.6) is 0 Å². The predicted molar refractivity (Wildman–Crippen MR) is 88.3 cm³/mol. The molecule has 0 amide bonds. The summed E-state index contributed by atoms with van der Waals surface area (Å²) in [6.45, 7) is 11.3. The molecule has 1 rings (SSSR count).